The normalized spacial score (nSPS) is 11.9. The first kappa shape index (κ1) is 21.3. The van der Waals surface area contributed by atoms with Crippen LogP contribution in [0, 0.1) is 5.82 Å². The number of aromatic nitrogens is 3. The maximum absolute atomic E-state index is 13.9. The van der Waals surface area contributed by atoms with Crippen LogP contribution in [0.4, 0.5) is 4.39 Å². The van der Waals surface area contributed by atoms with Gasteiger partial charge in [0, 0.05) is 35.9 Å². The summed E-state index contributed by atoms with van der Waals surface area (Å²) in [6, 6.07) is 19.0. The Hall–Kier alpha value is -4.59. The van der Waals surface area contributed by atoms with E-state index in [0.29, 0.717) is 16.5 Å². The van der Waals surface area contributed by atoms with Gasteiger partial charge in [-0.1, -0.05) is 36.4 Å². The highest BCUT2D eigenvalue weighted by Crippen LogP contribution is 2.23. The Morgan fingerprint density at radius 3 is 2.56 bits per heavy atom. The summed E-state index contributed by atoms with van der Waals surface area (Å²) in [5.41, 5.74) is 1.39. The molecule has 3 N–H and O–H groups in total. The molecule has 2 amide bonds. The number of aromatic amines is 1. The number of benzene rings is 3. The Bertz CT molecular complexity index is 1500. The number of rotatable bonds is 6. The molecular formula is C26H20FN5O2. The fraction of sp³-hybridized carbons (Fsp3) is 0.0769. The number of hydrogen-bond donors (Lipinski definition) is 3. The standard InChI is InChI=1S/C26H20FN5O2/c27-20-8-7-19-13-28-14-22(21(19)12-20)25(33)31-24(15-29-26(34)23-9-10-30-32-23)18-6-5-16-3-1-2-4-17(16)11-18/h1-14,24H,15H2,(H,29,34)(H,30,32)(H,31,33). The molecule has 1 unspecified atom stereocenters. The molecule has 1 atom stereocenters. The van der Waals surface area contributed by atoms with Crippen LogP contribution in [0.2, 0.25) is 0 Å². The first-order valence-electron chi connectivity index (χ1n) is 10.7. The van der Waals surface area contributed by atoms with Crippen molar-refractivity contribution in [1.29, 1.82) is 0 Å². The molecule has 2 heterocycles. The third kappa shape index (κ3) is 4.33. The highest BCUT2D eigenvalue weighted by atomic mass is 19.1. The van der Waals surface area contributed by atoms with Crippen LogP contribution in [0.5, 0.6) is 0 Å². The minimum absolute atomic E-state index is 0.133. The van der Waals surface area contributed by atoms with Crippen LogP contribution in [-0.2, 0) is 0 Å². The molecule has 0 bridgehead atoms. The second-order valence-corrected chi connectivity index (χ2v) is 7.87. The van der Waals surface area contributed by atoms with E-state index in [1.54, 1.807) is 18.3 Å². The number of fused-ring (bicyclic) bond motifs is 2. The number of H-pyrrole nitrogens is 1. The zero-order valence-corrected chi connectivity index (χ0v) is 18.0. The van der Waals surface area contributed by atoms with Gasteiger partial charge in [-0.3, -0.25) is 19.7 Å². The maximum Gasteiger partial charge on any atom is 0.269 e. The van der Waals surface area contributed by atoms with E-state index in [0.717, 1.165) is 16.3 Å². The van der Waals surface area contributed by atoms with Crippen molar-refractivity contribution in [2.24, 2.45) is 0 Å². The van der Waals surface area contributed by atoms with Crippen LogP contribution in [0.1, 0.15) is 32.5 Å². The summed E-state index contributed by atoms with van der Waals surface area (Å²) in [6.45, 7) is 0.133. The molecule has 3 aromatic carbocycles. The lowest BCUT2D eigenvalue weighted by Gasteiger charge is -2.21. The van der Waals surface area contributed by atoms with Gasteiger partial charge in [0.2, 0.25) is 0 Å². The van der Waals surface area contributed by atoms with Gasteiger partial charge in [0.05, 0.1) is 11.6 Å². The maximum atomic E-state index is 13.9. The van der Waals surface area contributed by atoms with Gasteiger partial charge in [-0.2, -0.15) is 5.10 Å². The molecule has 168 valence electrons. The number of nitrogens with zero attached hydrogens (tertiary/aromatic N) is 2. The summed E-state index contributed by atoms with van der Waals surface area (Å²) < 4.78 is 13.9. The largest absolute Gasteiger partial charge is 0.348 e. The third-order valence-electron chi connectivity index (χ3n) is 5.66. The van der Waals surface area contributed by atoms with Gasteiger partial charge in [-0.05, 0) is 46.7 Å². The highest BCUT2D eigenvalue weighted by Gasteiger charge is 2.20. The molecule has 0 saturated heterocycles. The van der Waals surface area contributed by atoms with E-state index >= 15 is 0 Å². The Morgan fingerprint density at radius 1 is 0.912 bits per heavy atom. The summed E-state index contributed by atoms with van der Waals surface area (Å²) in [4.78, 5) is 29.9. The summed E-state index contributed by atoms with van der Waals surface area (Å²) in [5.74, 6) is -1.20. The van der Waals surface area contributed by atoms with Gasteiger partial charge >= 0.3 is 0 Å². The van der Waals surface area contributed by atoms with Crippen LogP contribution in [-0.4, -0.2) is 33.5 Å². The molecule has 2 aromatic heterocycles. The van der Waals surface area contributed by atoms with Crippen LogP contribution in [0.15, 0.2) is 85.3 Å². The second kappa shape index (κ2) is 9.11. The molecule has 0 aliphatic heterocycles. The number of amides is 2. The Balaban J connectivity index is 1.46. The predicted molar refractivity (Wildman–Crippen MR) is 127 cm³/mol. The van der Waals surface area contributed by atoms with Crippen LogP contribution in [0.3, 0.4) is 0 Å². The number of pyridine rings is 1. The summed E-state index contributed by atoms with van der Waals surface area (Å²) >= 11 is 0. The van der Waals surface area contributed by atoms with Crippen molar-refractivity contribution in [3.63, 3.8) is 0 Å². The molecule has 8 heteroatoms. The Morgan fingerprint density at radius 2 is 1.74 bits per heavy atom. The average Bonchev–Trinajstić information content (AvgIpc) is 3.41. The topological polar surface area (TPSA) is 99.8 Å². The van der Waals surface area contributed by atoms with Crippen LogP contribution < -0.4 is 10.6 Å². The monoisotopic (exact) mass is 453 g/mol. The molecule has 0 spiro atoms. The minimum Gasteiger partial charge on any atom is -0.348 e. The SMILES string of the molecule is O=C(NCC(NC(=O)c1cncc2ccc(F)cc12)c1ccc2ccccc2c1)c1ccn[nH]1. The summed E-state index contributed by atoms with van der Waals surface area (Å²) in [7, 11) is 0. The minimum atomic E-state index is -0.548. The van der Waals surface area contributed by atoms with Gasteiger partial charge in [-0.15, -0.1) is 0 Å². The molecule has 0 aliphatic rings. The predicted octanol–water partition coefficient (Wildman–Crippen LogP) is 4.15. The van der Waals surface area contributed by atoms with Crippen LogP contribution in [0.25, 0.3) is 21.5 Å². The Kier molecular flexibility index (Phi) is 5.70. The summed E-state index contributed by atoms with van der Waals surface area (Å²) in [5, 5.41) is 15.4. The van der Waals surface area contributed by atoms with E-state index in [-0.39, 0.29) is 18.0 Å². The third-order valence-corrected chi connectivity index (χ3v) is 5.66. The smallest absolute Gasteiger partial charge is 0.269 e. The van der Waals surface area contributed by atoms with Crippen molar-refractivity contribution < 1.29 is 14.0 Å². The molecule has 5 aromatic rings. The van der Waals surface area contributed by atoms with Crippen molar-refractivity contribution in [3.8, 4) is 0 Å². The lowest BCUT2D eigenvalue weighted by molar-refractivity contribution is 0.0907. The van der Waals surface area contributed by atoms with E-state index in [9.17, 15) is 14.0 Å². The molecule has 5 rings (SSSR count). The van der Waals surface area contributed by atoms with Gasteiger partial charge < -0.3 is 10.6 Å². The van der Waals surface area contributed by atoms with Crippen molar-refractivity contribution >= 4 is 33.4 Å². The highest BCUT2D eigenvalue weighted by molar-refractivity contribution is 6.06. The molecule has 0 aliphatic carbocycles. The van der Waals surface area contributed by atoms with E-state index < -0.39 is 17.8 Å². The summed E-state index contributed by atoms with van der Waals surface area (Å²) in [6.07, 6.45) is 4.48. The zero-order chi connectivity index (χ0) is 23.5. The molecule has 7 nitrogen and oxygen atoms in total. The fourth-order valence-electron chi connectivity index (χ4n) is 3.90. The zero-order valence-electron chi connectivity index (χ0n) is 18.0. The van der Waals surface area contributed by atoms with Gasteiger partial charge in [0.1, 0.15) is 11.5 Å². The Labute approximate surface area is 194 Å². The lowest BCUT2D eigenvalue weighted by Crippen LogP contribution is -2.38. The molecule has 0 radical (unpaired) electrons. The number of halogens is 1. The van der Waals surface area contributed by atoms with Gasteiger partial charge in [0.15, 0.2) is 0 Å². The second-order valence-electron chi connectivity index (χ2n) is 7.87. The van der Waals surface area contributed by atoms with Gasteiger partial charge in [-0.25, -0.2) is 4.39 Å². The van der Waals surface area contributed by atoms with Crippen molar-refractivity contribution in [2.75, 3.05) is 6.54 Å². The molecule has 0 fully saturated rings. The van der Waals surface area contributed by atoms with Gasteiger partial charge in [0.25, 0.3) is 11.8 Å². The molecular weight excluding hydrogens is 433 g/mol. The first-order chi connectivity index (χ1) is 16.6. The number of carbonyl (C=O) groups is 2. The van der Waals surface area contributed by atoms with Crippen molar-refractivity contribution in [3.05, 3.63) is 108 Å². The van der Waals surface area contributed by atoms with E-state index in [1.807, 2.05) is 42.5 Å². The van der Waals surface area contributed by atoms with E-state index in [2.05, 4.69) is 25.8 Å². The number of carbonyl (C=O) groups excluding carboxylic acids is 2. The van der Waals surface area contributed by atoms with Crippen LogP contribution >= 0.6 is 0 Å². The first-order valence-corrected chi connectivity index (χ1v) is 10.7. The average molecular weight is 453 g/mol. The number of nitrogens with one attached hydrogen (secondary N) is 3. The van der Waals surface area contributed by atoms with Crippen molar-refractivity contribution in [1.82, 2.24) is 25.8 Å². The number of hydrogen-bond acceptors (Lipinski definition) is 4. The fourth-order valence-corrected chi connectivity index (χ4v) is 3.90. The van der Waals surface area contributed by atoms with E-state index in [4.69, 9.17) is 0 Å². The quantitative estimate of drug-likeness (QED) is 0.360. The molecule has 0 saturated carbocycles. The van der Waals surface area contributed by atoms with Crippen molar-refractivity contribution in [2.45, 2.75) is 6.04 Å². The molecule has 34 heavy (non-hydrogen) atoms. The lowest BCUT2D eigenvalue weighted by atomic mass is 10.0. The van der Waals surface area contributed by atoms with E-state index in [1.165, 1.54) is 24.5 Å².